The summed E-state index contributed by atoms with van der Waals surface area (Å²) in [7, 11) is 0. The molecular formula is C22H39N2+. The fraction of sp³-hybridized carbons (Fsp3) is 0.818. The standard InChI is InChI=1S/C22H38N2/c1-16(2)5-4-6-17(3)7-8-23-9-10-24-22-20-12-18-11-19(14-20)15-21(22)13-18/h5,7,18-24H,4,6,8-15H2,1-3H3/p+1/b17-7+. The predicted molar refractivity (Wildman–Crippen MR) is 103 cm³/mol. The molecule has 4 aliphatic rings. The third kappa shape index (κ3) is 4.95. The summed E-state index contributed by atoms with van der Waals surface area (Å²) < 4.78 is 0. The molecule has 0 amide bonds. The van der Waals surface area contributed by atoms with Crippen LogP contribution in [0.5, 0.6) is 0 Å². The highest BCUT2D eigenvalue weighted by Crippen LogP contribution is 2.52. The molecule has 0 heterocycles. The number of hydrogen-bond acceptors (Lipinski definition) is 1. The van der Waals surface area contributed by atoms with Crippen LogP contribution in [0, 0.1) is 23.7 Å². The fourth-order valence-electron chi connectivity index (χ4n) is 5.77. The number of nitrogens with two attached hydrogens (primary N) is 1. The molecule has 0 aromatic rings. The Kier molecular flexibility index (Phi) is 6.57. The van der Waals surface area contributed by atoms with Gasteiger partial charge in [-0.1, -0.05) is 23.3 Å². The molecule has 0 atom stereocenters. The molecule has 0 spiro atoms. The van der Waals surface area contributed by atoms with Gasteiger partial charge in [0.2, 0.25) is 0 Å². The Morgan fingerprint density at radius 2 is 1.62 bits per heavy atom. The van der Waals surface area contributed by atoms with Crippen molar-refractivity contribution >= 4 is 0 Å². The van der Waals surface area contributed by atoms with E-state index in [0.717, 1.165) is 42.8 Å². The molecule has 4 rings (SSSR count). The highest BCUT2D eigenvalue weighted by molar-refractivity contribution is 5.03. The van der Waals surface area contributed by atoms with Gasteiger partial charge in [-0.25, -0.2) is 0 Å². The summed E-state index contributed by atoms with van der Waals surface area (Å²) in [6, 6.07) is 0.959. The Morgan fingerprint density at radius 3 is 2.25 bits per heavy atom. The monoisotopic (exact) mass is 331 g/mol. The van der Waals surface area contributed by atoms with Gasteiger partial charge in [-0.2, -0.15) is 0 Å². The van der Waals surface area contributed by atoms with Gasteiger partial charge >= 0.3 is 0 Å². The molecule has 24 heavy (non-hydrogen) atoms. The van der Waals surface area contributed by atoms with Crippen molar-refractivity contribution < 1.29 is 5.32 Å². The molecule has 0 aromatic carbocycles. The molecule has 0 aliphatic heterocycles. The number of rotatable bonds is 9. The second-order valence-electron chi connectivity index (χ2n) is 9.11. The van der Waals surface area contributed by atoms with E-state index in [4.69, 9.17) is 0 Å². The summed E-state index contributed by atoms with van der Waals surface area (Å²) in [5, 5.41) is 6.32. The van der Waals surface area contributed by atoms with Gasteiger partial charge in [0.1, 0.15) is 0 Å². The predicted octanol–water partition coefficient (Wildman–Crippen LogP) is 3.66. The molecule has 136 valence electrons. The molecule has 0 unspecified atom stereocenters. The van der Waals surface area contributed by atoms with Gasteiger partial charge in [0.15, 0.2) is 0 Å². The second kappa shape index (κ2) is 8.67. The zero-order valence-electron chi connectivity index (χ0n) is 16.2. The Hall–Kier alpha value is -0.600. The van der Waals surface area contributed by atoms with E-state index in [2.05, 4.69) is 43.6 Å². The minimum Gasteiger partial charge on any atom is -0.342 e. The zero-order chi connectivity index (χ0) is 16.9. The highest BCUT2D eigenvalue weighted by atomic mass is 15.0. The normalized spacial score (nSPS) is 34.6. The second-order valence-corrected chi connectivity index (χ2v) is 9.11. The van der Waals surface area contributed by atoms with Crippen LogP contribution in [-0.2, 0) is 0 Å². The van der Waals surface area contributed by atoms with Gasteiger partial charge in [0.05, 0.1) is 12.6 Å². The lowest BCUT2D eigenvalue weighted by atomic mass is 9.54. The quantitative estimate of drug-likeness (QED) is 0.490. The van der Waals surface area contributed by atoms with E-state index in [-0.39, 0.29) is 0 Å². The lowest BCUT2D eigenvalue weighted by Crippen LogP contribution is -2.95. The van der Waals surface area contributed by atoms with Crippen LogP contribution in [0.25, 0.3) is 0 Å². The van der Waals surface area contributed by atoms with Crippen LogP contribution < -0.4 is 10.6 Å². The first kappa shape index (κ1) is 18.2. The average Bonchev–Trinajstić information content (AvgIpc) is 2.51. The Bertz CT molecular complexity index is 431. The molecule has 4 saturated carbocycles. The number of allylic oxidation sites excluding steroid dienone is 3. The van der Waals surface area contributed by atoms with Crippen LogP contribution in [0.3, 0.4) is 0 Å². The van der Waals surface area contributed by atoms with E-state index in [1.54, 1.807) is 32.1 Å². The van der Waals surface area contributed by atoms with Crippen LogP contribution in [0.4, 0.5) is 0 Å². The van der Waals surface area contributed by atoms with Crippen molar-refractivity contribution in [2.45, 2.75) is 71.8 Å². The van der Waals surface area contributed by atoms with Gasteiger partial charge < -0.3 is 10.6 Å². The number of hydrogen-bond donors (Lipinski definition) is 2. The van der Waals surface area contributed by atoms with E-state index < -0.39 is 0 Å². The fourth-order valence-corrected chi connectivity index (χ4v) is 5.77. The molecule has 3 N–H and O–H groups in total. The summed E-state index contributed by atoms with van der Waals surface area (Å²) in [4.78, 5) is 0. The van der Waals surface area contributed by atoms with Gasteiger partial charge in [0.25, 0.3) is 0 Å². The number of nitrogens with one attached hydrogen (secondary N) is 1. The Labute approximate surface area is 149 Å². The van der Waals surface area contributed by atoms with E-state index in [9.17, 15) is 0 Å². The van der Waals surface area contributed by atoms with Crippen LogP contribution in [0.15, 0.2) is 23.3 Å². The SMILES string of the molecule is CC(C)=CCC/C(C)=C/CNCC[NH2+]C1C2CC3CC(C2)CC1C3. The summed E-state index contributed by atoms with van der Waals surface area (Å²) in [5.41, 5.74) is 2.95. The molecule has 4 aliphatic carbocycles. The maximum absolute atomic E-state index is 3.62. The largest absolute Gasteiger partial charge is 0.342 e. The van der Waals surface area contributed by atoms with Crippen molar-refractivity contribution in [1.82, 2.24) is 5.32 Å². The maximum atomic E-state index is 3.62. The molecule has 4 bridgehead atoms. The topological polar surface area (TPSA) is 28.6 Å². The first-order chi connectivity index (χ1) is 11.6. The van der Waals surface area contributed by atoms with Crippen LogP contribution in [0.1, 0.15) is 65.7 Å². The summed E-state index contributed by atoms with van der Waals surface area (Å²) in [6.07, 6.45) is 14.9. The summed E-state index contributed by atoms with van der Waals surface area (Å²) in [5.74, 6) is 4.32. The summed E-state index contributed by atoms with van der Waals surface area (Å²) in [6.45, 7) is 10.1. The van der Waals surface area contributed by atoms with Crippen LogP contribution in [-0.4, -0.2) is 25.7 Å². The van der Waals surface area contributed by atoms with E-state index >= 15 is 0 Å². The molecule has 4 fully saturated rings. The maximum Gasteiger partial charge on any atom is 0.0916 e. The number of quaternary nitrogens is 1. The van der Waals surface area contributed by atoms with Crippen LogP contribution in [0.2, 0.25) is 0 Å². The van der Waals surface area contributed by atoms with Crippen molar-refractivity contribution in [3.63, 3.8) is 0 Å². The first-order valence-electron chi connectivity index (χ1n) is 10.4. The zero-order valence-corrected chi connectivity index (χ0v) is 16.2. The van der Waals surface area contributed by atoms with Crippen molar-refractivity contribution in [1.29, 1.82) is 0 Å². The van der Waals surface area contributed by atoms with Gasteiger partial charge in [-0.3, -0.25) is 0 Å². The molecule has 0 aromatic heterocycles. The average molecular weight is 332 g/mol. The van der Waals surface area contributed by atoms with Crippen molar-refractivity contribution in [3.05, 3.63) is 23.3 Å². The lowest BCUT2D eigenvalue weighted by molar-refractivity contribution is -0.707. The van der Waals surface area contributed by atoms with Crippen molar-refractivity contribution in [3.8, 4) is 0 Å². The summed E-state index contributed by atoms with van der Waals surface area (Å²) >= 11 is 0. The highest BCUT2D eigenvalue weighted by Gasteiger charge is 2.49. The Morgan fingerprint density at radius 1 is 0.958 bits per heavy atom. The van der Waals surface area contributed by atoms with Gasteiger partial charge in [0, 0.05) is 24.9 Å². The van der Waals surface area contributed by atoms with Crippen molar-refractivity contribution in [2.24, 2.45) is 23.7 Å². The molecule has 2 nitrogen and oxygen atoms in total. The van der Waals surface area contributed by atoms with E-state index in [1.165, 1.54) is 30.5 Å². The first-order valence-corrected chi connectivity index (χ1v) is 10.4. The third-order valence-electron chi connectivity index (χ3n) is 6.75. The van der Waals surface area contributed by atoms with E-state index in [1.807, 2.05) is 0 Å². The molecule has 0 radical (unpaired) electrons. The minimum atomic E-state index is 0.959. The van der Waals surface area contributed by atoms with Crippen molar-refractivity contribution in [2.75, 3.05) is 19.6 Å². The minimum absolute atomic E-state index is 0.959. The Balaban J connectivity index is 1.27. The van der Waals surface area contributed by atoms with Gasteiger partial charge in [-0.15, -0.1) is 0 Å². The smallest absolute Gasteiger partial charge is 0.0916 e. The molecule has 0 saturated heterocycles. The third-order valence-corrected chi connectivity index (χ3v) is 6.75. The lowest BCUT2D eigenvalue weighted by Gasteiger charge is -2.52. The van der Waals surface area contributed by atoms with Crippen LogP contribution >= 0.6 is 0 Å². The molecule has 2 heteroatoms. The van der Waals surface area contributed by atoms with E-state index in [0.29, 0.717) is 0 Å². The van der Waals surface area contributed by atoms with Gasteiger partial charge in [-0.05, 0) is 77.6 Å². The molecular weight excluding hydrogens is 292 g/mol.